The van der Waals surface area contributed by atoms with Crippen LogP contribution in [0, 0.1) is 11.8 Å². The molecule has 0 bridgehead atoms. The fourth-order valence-corrected chi connectivity index (χ4v) is 2.61. The minimum atomic E-state index is -0.537. The van der Waals surface area contributed by atoms with E-state index in [0.717, 1.165) is 24.0 Å². The SMILES string of the molecule is C/C1=C/[C@H](O)[C@H]([C@@H](C)CO)CC/C(C)=C/[C@@H](O)C1. The summed E-state index contributed by atoms with van der Waals surface area (Å²) in [5.74, 6) is 0.157. The van der Waals surface area contributed by atoms with Gasteiger partial charge in [-0.25, -0.2) is 0 Å². The van der Waals surface area contributed by atoms with Crippen LogP contribution in [0.5, 0.6) is 0 Å². The largest absolute Gasteiger partial charge is 0.396 e. The second kappa shape index (κ2) is 7.07. The van der Waals surface area contributed by atoms with Crippen molar-refractivity contribution in [2.45, 2.75) is 52.2 Å². The minimum Gasteiger partial charge on any atom is -0.396 e. The van der Waals surface area contributed by atoms with Gasteiger partial charge in [0, 0.05) is 6.61 Å². The molecule has 1 rings (SSSR count). The number of aliphatic hydroxyl groups is 3. The smallest absolute Gasteiger partial charge is 0.0760 e. The Labute approximate surface area is 110 Å². The zero-order valence-corrected chi connectivity index (χ0v) is 11.6. The first-order chi connectivity index (χ1) is 8.43. The fraction of sp³-hybridized carbons (Fsp3) is 0.733. The standard InChI is InChI=1S/C15H26O3/c1-10-4-5-14(12(3)9-16)15(18)8-11(2)7-13(17)6-10/h6,8,12-18H,4-5,7,9H2,1-3H3/b10-6+,11-8-/t12-,13+,14-,15-/m0/s1. The molecule has 0 spiro atoms. The molecule has 104 valence electrons. The van der Waals surface area contributed by atoms with E-state index in [-0.39, 0.29) is 18.4 Å². The first-order valence-electron chi connectivity index (χ1n) is 6.75. The summed E-state index contributed by atoms with van der Waals surface area (Å²) in [6.45, 7) is 6.01. The number of rotatable bonds is 2. The average Bonchev–Trinajstić information content (AvgIpc) is 2.27. The maximum atomic E-state index is 10.2. The van der Waals surface area contributed by atoms with E-state index in [9.17, 15) is 15.3 Å². The molecule has 3 N–H and O–H groups in total. The zero-order valence-electron chi connectivity index (χ0n) is 11.6. The summed E-state index contributed by atoms with van der Waals surface area (Å²) in [6.07, 6.45) is 4.99. The lowest BCUT2D eigenvalue weighted by molar-refractivity contribution is 0.0790. The number of aliphatic hydroxyl groups excluding tert-OH is 3. The minimum absolute atomic E-state index is 0.0727. The molecule has 3 heteroatoms. The van der Waals surface area contributed by atoms with Crippen molar-refractivity contribution in [3.8, 4) is 0 Å². The zero-order chi connectivity index (χ0) is 13.7. The Hall–Kier alpha value is -0.640. The van der Waals surface area contributed by atoms with Crippen molar-refractivity contribution < 1.29 is 15.3 Å². The van der Waals surface area contributed by atoms with Gasteiger partial charge in [-0.05, 0) is 44.9 Å². The lowest BCUT2D eigenvalue weighted by atomic mass is 9.82. The molecule has 0 aromatic carbocycles. The van der Waals surface area contributed by atoms with Gasteiger partial charge in [-0.2, -0.15) is 0 Å². The molecule has 18 heavy (non-hydrogen) atoms. The van der Waals surface area contributed by atoms with Gasteiger partial charge in [0.25, 0.3) is 0 Å². The van der Waals surface area contributed by atoms with Crippen molar-refractivity contribution in [3.05, 3.63) is 23.3 Å². The van der Waals surface area contributed by atoms with Crippen LogP contribution in [0.15, 0.2) is 23.3 Å². The summed E-state index contributed by atoms with van der Waals surface area (Å²) in [6, 6.07) is 0. The van der Waals surface area contributed by atoms with Gasteiger partial charge < -0.3 is 15.3 Å². The van der Waals surface area contributed by atoms with Gasteiger partial charge in [0.2, 0.25) is 0 Å². The van der Waals surface area contributed by atoms with Gasteiger partial charge in [-0.1, -0.05) is 30.2 Å². The third-order valence-electron chi connectivity index (χ3n) is 3.79. The van der Waals surface area contributed by atoms with E-state index < -0.39 is 12.2 Å². The van der Waals surface area contributed by atoms with Gasteiger partial charge in [0.15, 0.2) is 0 Å². The highest BCUT2D eigenvalue weighted by Gasteiger charge is 2.24. The molecule has 0 fully saturated rings. The molecule has 0 unspecified atom stereocenters. The molecule has 4 atom stereocenters. The predicted molar refractivity (Wildman–Crippen MR) is 73.1 cm³/mol. The van der Waals surface area contributed by atoms with Crippen molar-refractivity contribution >= 4 is 0 Å². The van der Waals surface area contributed by atoms with E-state index >= 15 is 0 Å². The first-order valence-corrected chi connectivity index (χ1v) is 6.75. The molecular weight excluding hydrogens is 228 g/mol. The Balaban J connectivity index is 2.90. The summed E-state index contributed by atoms with van der Waals surface area (Å²) >= 11 is 0. The molecule has 0 amide bonds. The molecule has 3 nitrogen and oxygen atoms in total. The topological polar surface area (TPSA) is 60.7 Å². The number of allylic oxidation sites excluding steroid dienone is 1. The summed E-state index contributed by atoms with van der Waals surface area (Å²) in [7, 11) is 0. The molecule has 0 saturated carbocycles. The van der Waals surface area contributed by atoms with Crippen LogP contribution in [-0.2, 0) is 0 Å². The van der Waals surface area contributed by atoms with Crippen LogP contribution in [0.2, 0.25) is 0 Å². The highest BCUT2D eigenvalue weighted by molar-refractivity contribution is 5.12. The monoisotopic (exact) mass is 254 g/mol. The molecule has 0 aromatic rings. The van der Waals surface area contributed by atoms with Crippen LogP contribution in [-0.4, -0.2) is 34.1 Å². The van der Waals surface area contributed by atoms with Crippen molar-refractivity contribution in [2.75, 3.05) is 6.61 Å². The summed E-state index contributed by atoms with van der Waals surface area (Å²) < 4.78 is 0. The highest BCUT2D eigenvalue weighted by atomic mass is 16.3. The molecule has 0 radical (unpaired) electrons. The van der Waals surface area contributed by atoms with Gasteiger partial charge in [-0.3, -0.25) is 0 Å². The van der Waals surface area contributed by atoms with Crippen molar-refractivity contribution in [1.82, 2.24) is 0 Å². The summed E-state index contributed by atoms with van der Waals surface area (Å²) in [5, 5.41) is 29.4. The van der Waals surface area contributed by atoms with Crippen LogP contribution in [0.3, 0.4) is 0 Å². The molecule has 1 aliphatic carbocycles. The van der Waals surface area contributed by atoms with E-state index in [2.05, 4.69) is 0 Å². The van der Waals surface area contributed by atoms with Crippen molar-refractivity contribution in [2.24, 2.45) is 11.8 Å². The highest BCUT2D eigenvalue weighted by Crippen LogP contribution is 2.27. The Morgan fingerprint density at radius 3 is 2.50 bits per heavy atom. The number of hydrogen-bond donors (Lipinski definition) is 3. The fourth-order valence-electron chi connectivity index (χ4n) is 2.61. The van der Waals surface area contributed by atoms with E-state index in [0.29, 0.717) is 6.42 Å². The normalized spacial score (nSPS) is 38.2. The van der Waals surface area contributed by atoms with E-state index in [1.165, 1.54) is 0 Å². The maximum Gasteiger partial charge on any atom is 0.0760 e. The van der Waals surface area contributed by atoms with Crippen LogP contribution in [0.1, 0.15) is 40.0 Å². The van der Waals surface area contributed by atoms with Crippen LogP contribution in [0.4, 0.5) is 0 Å². The van der Waals surface area contributed by atoms with Gasteiger partial charge in [0.1, 0.15) is 0 Å². The van der Waals surface area contributed by atoms with Crippen LogP contribution < -0.4 is 0 Å². The second-order valence-corrected chi connectivity index (χ2v) is 5.65. The van der Waals surface area contributed by atoms with E-state index in [1.54, 1.807) is 0 Å². The van der Waals surface area contributed by atoms with Crippen LogP contribution in [0.25, 0.3) is 0 Å². The number of hydrogen-bond acceptors (Lipinski definition) is 3. The molecular formula is C15H26O3. The maximum absolute atomic E-state index is 10.2. The van der Waals surface area contributed by atoms with E-state index in [1.807, 2.05) is 32.9 Å². The van der Waals surface area contributed by atoms with E-state index in [4.69, 9.17) is 0 Å². The summed E-state index contributed by atoms with van der Waals surface area (Å²) in [4.78, 5) is 0. The van der Waals surface area contributed by atoms with Gasteiger partial charge >= 0.3 is 0 Å². The van der Waals surface area contributed by atoms with Crippen molar-refractivity contribution in [3.63, 3.8) is 0 Å². The summed E-state index contributed by atoms with van der Waals surface area (Å²) in [5.41, 5.74) is 2.15. The quantitative estimate of drug-likeness (QED) is 0.661. The first kappa shape index (κ1) is 15.4. The van der Waals surface area contributed by atoms with Crippen molar-refractivity contribution in [1.29, 1.82) is 0 Å². The molecule has 1 aliphatic rings. The van der Waals surface area contributed by atoms with Gasteiger partial charge in [-0.15, -0.1) is 0 Å². The Morgan fingerprint density at radius 1 is 1.22 bits per heavy atom. The molecule has 0 saturated heterocycles. The molecule has 0 aliphatic heterocycles. The Bertz CT molecular complexity index is 320. The Kier molecular flexibility index (Phi) is 6.06. The second-order valence-electron chi connectivity index (χ2n) is 5.65. The third kappa shape index (κ3) is 4.56. The average molecular weight is 254 g/mol. The molecule has 0 heterocycles. The predicted octanol–water partition coefficient (Wildman–Crippen LogP) is 2.03. The van der Waals surface area contributed by atoms with Gasteiger partial charge in [0.05, 0.1) is 12.2 Å². The Morgan fingerprint density at radius 2 is 1.89 bits per heavy atom. The molecule has 0 aromatic heterocycles. The lowest BCUT2D eigenvalue weighted by Crippen LogP contribution is -2.28. The van der Waals surface area contributed by atoms with Crippen LogP contribution >= 0.6 is 0 Å². The lowest BCUT2D eigenvalue weighted by Gasteiger charge is -2.27. The third-order valence-corrected chi connectivity index (χ3v) is 3.79.